The quantitative estimate of drug-likeness (QED) is 0.0830. The second kappa shape index (κ2) is 18.2. The van der Waals surface area contributed by atoms with Crippen molar-refractivity contribution >= 4 is 27.7 Å². The molecule has 2 unspecified atom stereocenters. The third-order valence-corrected chi connectivity index (χ3v) is 9.83. The maximum atomic E-state index is 12.8. The predicted octanol–water partition coefficient (Wildman–Crippen LogP) is 4.19. The van der Waals surface area contributed by atoms with Crippen molar-refractivity contribution in [1.29, 1.82) is 0 Å². The Morgan fingerprint density at radius 1 is 0.750 bits per heavy atom. The highest BCUT2D eigenvalue weighted by Gasteiger charge is 2.15. The van der Waals surface area contributed by atoms with E-state index in [0.717, 1.165) is 28.7 Å². The standard InChI is InChI=1S/C40H44N6O5S/c1-28(42-27-37(47)35-17-18-38(41)43-26-35)19-31-9-5-10-32(20-31)22-39(48)44-23-30-13-15-34(16-14-30)40(49)45-24-33-11-6-12-36(21-33)52(50,51)46-25-29-7-3-2-4-8-29/h2-18,20-21,26,28,37,42,46-47H,19,22-25,27H2,1H3,(H2,41,43)(H,44,48)(H,45,49). The van der Waals surface area contributed by atoms with Gasteiger partial charge < -0.3 is 26.8 Å². The van der Waals surface area contributed by atoms with Gasteiger partial charge >= 0.3 is 0 Å². The van der Waals surface area contributed by atoms with Crippen molar-refractivity contribution in [3.63, 3.8) is 0 Å². The van der Waals surface area contributed by atoms with Crippen LogP contribution in [0.1, 0.15) is 56.8 Å². The highest BCUT2D eigenvalue weighted by Crippen LogP contribution is 2.15. The van der Waals surface area contributed by atoms with Crippen LogP contribution in [0.2, 0.25) is 0 Å². The van der Waals surface area contributed by atoms with Crippen LogP contribution in [-0.4, -0.2) is 42.9 Å². The first-order valence-corrected chi connectivity index (χ1v) is 18.5. The fourth-order valence-electron chi connectivity index (χ4n) is 5.52. The van der Waals surface area contributed by atoms with Crippen LogP contribution in [-0.2, 0) is 47.3 Å². The molecule has 0 spiro atoms. The number of nitrogen functional groups attached to an aromatic ring is 1. The molecule has 0 aliphatic heterocycles. The lowest BCUT2D eigenvalue weighted by Crippen LogP contribution is -2.32. The zero-order valence-corrected chi connectivity index (χ0v) is 29.8. The van der Waals surface area contributed by atoms with Crippen molar-refractivity contribution in [3.05, 3.63) is 160 Å². The number of hydrogen-bond donors (Lipinski definition) is 6. The van der Waals surface area contributed by atoms with Gasteiger partial charge in [-0.05, 0) is 71.5 Å². The number of pyridine rings is 1. The fourth-order valence-corrected chi connectivity index (χ4v) is 6.61. The van der Waals surface area contributed by atoms with E-state index in [0.29, 0.717) is 35.6 Å². The molecule has 2 atom stereocenters. The summed E-state index contributed by atoms with van der Waals surface area (Å²) in [4.78, 5) is 29.8. The molecule has 52 heavy (non-hydrogen) atoms. The molecule has 0 aliphatic carbocycles. The number of amides is 2. The smallest absolute Gasteiger partial charge is 0.251 e. The summed E-state index contributed by atoms with van der Waals surface area (Å²) < 4.78 is 28.3. The number of nitrogens with two attached hydrogens (primary N) is 1. The number of nitrogens with zero attached hydrogens (tertiary/aromatic N) is 1. The molecule has 0 bridgehead atoms. The molecule has 12 heteroatoms. The summed E-state index contributed by atoms with van der Waals surface area (Å²) in [7, 11) is -3.73. The van der Waals surface area contributed by atoms with E-state index in [2.05, 4.69) is 25.7 Å². The molecule has 0 fully saturated rings. The van der Waals surface area contributed by atoms with E-state index < -0.39 is 16.1 Å². The van der Waals surface area contributed by atoms with Crippen molar-refractivity contribution in [2.24, 2.45) is 0 Å². The molecule has 0 aliphatic rings. The highest BCUT2D eigenvalue weighted by atomic mass is 32.2. The summed E-state index contributed by atoms with van der Waals surface area (Å²) in [6, 6.07) is 34.1. The predicted molar refractivity (Wildman–Crippen MR) is 201 cm³/mol. The molecule has 1 heterocycles. The summed E-state index contributed by atoms with van der Waals surface area (Å²) >= 11 is 0. The lowest BCUT2D eigenvalue weighted by atomic mass is 10.0. The van der Waals surface area contributed by atoms with Crippen LogP contribution in [0.25, 0.3) is 0 Å². The molecule has 270 valence electrons. The Labute approximate surface area is 304 Å². The molecular weight excluding hydrogens is 677 g/mol. The van der Waals surface area contributed by atoms with Crippen molar-refractivity contribution in [2.45, 2.75) is 56.4 Å². The number of aliphatic hydroxyl groups excluding tert-OH is 1. The van der Waals surface area contributed by atoms with Crippen LogP contribution in [0.15, 0.2) is 126 Å². The summed E-state index contributed by atoms with van der Waals surface area (Å²) in [5, 5.41) is 19.6. The lowest BCUT2D eigenvalue weighted by molar-refractivity contribution is -0.120. The number of sulfonamides is 1. The van der Waals surface area contributed by atoms with E-state index in [9.17, 15) is 23.1 Å². The average Bonchev–Trinajstić information content (AvgIpc) is 3.15. The van der Waals surface area contributed by atoms with Crippen LogP contribution < -0.4 is 26.4 Å². The highest BCUT2D eigenvalue weighted by molar-refractivity contribution is 7.89. The van der Waals surface area contributed by atoms with E-state index in [1.165, 1.54) is 6.07 Å². The molecule has 11 nitrogen and oxygen atoms in total. The minimum absolute atomic E-state index is 0.0912. The van der Waals surface area contributed by atoms with Crippen LogP contribution in [0, 0.1) is 0 Å². The minimum atomic E-state index is -3.73. The second-order valence-electron chi connectivity index (χ2n) is 12.7. The first-order chi connectivity index (χ1) is 25.0. The maximum absolute atomic E-state index is 12.8. The number of benzene rings is 4. The Hall–Kier alpha value is -5.40. The largest absolute Gasteiger partial charge is 0.387 e. The molecule has 0 radical (unpaired) electrons. The maximum Gasteiger partial charge on any atom is 0.251 e. The topological polar surface area (TPSA) is 176 Å². The number of aliphatic hydroxyl groups is 1. The van der Waals surface area contributed by atoms with Crippen LogP contribution in [0.4, 0.5) is 5.82 Å². The van der Waals surface area contributed by atoms with E-state index in [1.54, 1.807) is 60.8 Å². The first kappa shape index (κ1) is 37.8. The van der Waals surface area contributed by atoms with Gasteiger partial charge in [0.15, 0.2) is 0 Å². The Balaban J connectivity index is 1.04. The zero-order chi connectivity index (χ0) is 36.9. The van der Waals surface area contributed by atoms with E-state index >= 15 is 0 Å². The molecule has 2 amide bonds. The lowest BCUT2D eigenvalue weighted by Gasteiger charge is -2.18. The molecule has 0 saturated carbocycles. The van der Waals surface area contributed by atoms with E-state index in [4.69, 9.17) is 5.73 Å². The summed E-state index contributed by atoms with van der Waals surface area (Å²) in [6.45, 7) is 3.06. The van der Waals surface area contributed by atoms with Gasteiger partial charge in [0, 0.05) is 49.5 Å². The molecule has 7 N–H and O–H groups in total. The zero-order valence-electron chi connectivity index (χ0n) is 29.0. The van der Waals surface area contributed by atoms with Crippen LogP contribution in [0.3, 0.4) is 0 Å². The van der Waals surface area contributed by atoms with Gasteiger partial charge in [-0.3, -0.25) is 9.59 Å². The van der Waals surface area contributed by atoms with Gasteiger partial charge in [0.25, 0.3) is 5.91 Å². The van der Waals surface area contributed by atoms with Gasteiger partial charge in [-0.1, -0.05) is 84.9 Å². The average molecular weight is 721 g/mol. The normalized spacial score (nSPS) is 12.5. The second-order valence-corrected chi connectivity index (χ2v) is 14.4. The number of carbonyl (C=O) groups excluding carboxylic acids is 2. The first-order valence-electron chi connectivity index (χ1n) is 17.0. The third-order valence-electron chi connectivity index (χ3n) is 8.43. The monoisotopic (exact) mass is 720 g/mol. The minimum Gasteiger partial charge on any atom is -0.387 e. The van der Waals surface area contributed by atoms with Gasteiger partial charge in [0.2, 0.25) is 15.9 Å². The van der Waals surface area contributed by atoms with Gasteiger partial charge in [-0.2, -0.15) is 0 Å². The van der Waals surface area contributed by atoms with E-state index in [1.807, 2.05) is 61.5 Å². The Morgan fingerprint density at radius 2 is 1.42 bits per heavy atom. The third kappa shape index (κ3) is 11.6. The van der Waals surface area contributed by atoms with Gasteiger partial charge in [-0.25, -0.2) is 18.1 Å². The van der Waals surface area contributed by atoms with Gasteiger partial charge in [0.05, 0.1) is 17.4 Å². The summed E-state index contributed by atoms with van der Waals surface area (Å²) in [5.41, 5.74) is 11.1. The summed E-state index contributed by atoms with van der Waals surface area (Å²) in [6.07, 6.45) is 1.83. The number of rotatable bonds is 17. The molecule has 1 aromatic heterocycles. The Morgan fingerprint density at radius 3 is 2.17 bits per heavy atom. The molecule has 5 aromatic rings. The molecule has 5 rings (SSSR count). The van der Waals surface area contributed by atoms with Crippen molar-refractivity contribution in [1.82, 2.24) is 25.7 Å². The van der Waals surface area contributed by atoms with Gasteiger partial charge in [-0.15, -0.1) is 0 Å². The number of anilines is 1. The molecule has 0 saturated heterocycles. The number of aromatic nitrogens is 1. The fraction of sp³-hybridized carbons (Fsp3) is 0.225. The SMILES string of the molecule is CC(Cc1cccc(CC(=O)NCc2ccc(C(=O)NCc3cccc(S(=O)(=O)NCc4ccccc4)c3)cc2)c1)NCC(O)c1ccc(N)nc1. The Kier molecular flexibility index (Phi) is 13.2. The summed E-state index contributed by atoms with van der Waals surface area (Å²) in [5.74, 6) is -0.0134. The van der Waals surface area contributed by atoms with Crippen LogP contribution in [0.5, 0.6) is 0 Å². The molecule has 4 aromatic carbocycles. The Bertz CT molecular complexity index is 2040. The number of nitrogens with one attached hydrogen (secondary N) is 4. The van der Waals surface area contributed by atoms with Crippen molar-refractivity contribution < 1.29 is 23.1 Å². The number of hydrogen-bond acceptors (Lipinski definition) is 8. The molecular formula is C40H44N6O5S. The van der Waals surface area contributed by atoms with Crippen molar-refractivity contribution in [3.8, 4) is 0 Å². The van der Waals surface area contributed by atoms with Crippen molar-refractivity contribution in [2.75, 3.05) is 12.3 Å². The van der Waals surface area contributed by atoms with E-state index in [-0.39, 0.29) is 42.3 Å². The van der Waals surface area contributed by atoms with Gasteiger partial charge in [0.1, 0.15) is 5.82 Å². The van der Waals surface area contributed by atoms with Crippen LogP contribution >= 0.6 is 0 Å². The number of carbonyl (C=O) groups is 2.